The van der Waals surface area contributed by atoms with Gasteiger partial charge in [-0.3, -0.25) is 4.79 Å². The lowest BCUT2D eigenvalue weighted by Gasteiger charge is -2.11. The molecule has 1 amide bonds. The SMILES string of the molecule is CN(C)c1ccc(C=NNC(=O)COc2ccc3cc(Br)ccc3c2)cc1. The summed E-state index contributed by atoms with van der Waals surface area (Å²) in [7, 11) is 3.97. The van der Waals surface area contributed by atoms with Crippen molar-refractivity contribution in [2.75, 3.05) is 25.6 Å². The predicted molar refractivity (Wildman–Crippen MR) is 114 cm³/mol. The summed E-state index contributed by atoms with van der Waals surface area (Å²) >= 11 is 3.45. The van der Waals surface area contributed by atoms with E-state index in [1.54, 1.807) is 6.21 Å². The van der Waals surface area contributed by atoms with Gasteiger partial charge in [0.25, 0.3) is 5.91 Å². The first-order valence-electron chi connectivity index (χ1n) is 8.43. The van der Waals surface area contributed by atoms with Gasteiger partial charge in [0.1, 0.15) is 5.75 Å². The first kappa shape index (κ1) is 18.9. The van der Waals surface area contributed by atoms with Gasteiger partial charge >= 0.3 is 0 Å². The van der Waals surface area contributed by atoms with Crippen LogP contribution in [0.25, 0.3) is 10.8 Å². The summed E-state index contributed by atoms with van der Waals surface area (Å²) in [6, 6.07) is 19.6. The molecule has 3 aromatic rings. The molecule has 27 heavy (non-hydrogen) atoms. The maximum atomic E-state index is 11.9. The van der Waals surface area contributed by atoms with Gasteiger partial charge in [-0.05, 0) is 52.7 Å². The van der Waals surface area contributed by atoms with Crippen LogP contribution in [0.2, 0.25) is 0 Å². The molecule has 0 aliphatic carbocycles. The first-order valence-corrected chi connectivity index (χ1v) is 9.22. The Labute approximate surface area is 166 Å². The van der Waals surface area contributed by atoms with E-state index in [0.29, 0.717) is 5.75 Å². The van der Waals surface area contributed by atoms with Crippen LogP contribution in [0.3, 0.4) is 0 Å². The first-order chi connectivity index (χ1) is 13.0. The van der Waals surface area contributed by atoms with Gasteiger partial charge in [0.2, 0.25) is 0 Å². The molecule has 3 aromatic carbocycles. The van der Waals surface area contributed by atoms with Crippen molar-refractivity contribution in [3.05, 3.63) is 70.7 Å². The summed E-state index contributed by atoms with van der Waals surface area (Å²) in [4.78, 5) is 13.9. The summed E-state index contributed by atoms with van der Waals surface area (Å²) in [6.45, 7) is -0.0983. The number of carbonyl (C=O) groups excluding carboxylic acids is 1. The van der Waals surface area contributed by atoms with Gasteiger partial charge < -0.3 is 9.64 Å². The van der Waals surface area contributed by atoms with Gasteiger partial charge in [-0.25, -0.2) is 5.43 Å². The molecule has 0 aliphatic heterocycles. The number of amides is 1. The van der Waals surface area contributed by atoms with Crippen molar-refractivity contribution >= 4 is 44.5 Å². The zero-order valence-corrected chi connectivity index (χ0v) is 16.7. The van der Waals surface area contributed by atoms with Crippen molar-refractivity contribution in [1.29, 1.82) is 0 Å². The van der Waals surface area contributed by atoms with Crippen LogP contribution in [0.1, 0.15) is 5.56 Å². The lowest BCUT2D eigenvalue weighted by molar-refractivity contribution is -0.123. The van der Waals surface area contributed by atoms with E-state index in [9.17, 15) is 4.79 Å². The largest absolute Gasteiger partial charge is 0.484 e. The number of nitrogens with one attached hydrogen (secondary N) is 1. The smallest absolute Gasteiger partial charge is 0.277 e. The number of ether oxygens (including phenoxy) is 1. The fraction of sp³-hybridized carbons (Fsp3) is 0.143. The van der Waals surface area contributed by atoms with E-state index < -0.39 is 0 Å². The molecule has 0 saturated carbocycles. The fourth-order valence-electron chi connectivity index (χ4n) is 2.50. The minimum atomic E-state index is -0.313. The van der Waals surface area contributed by atoms with E-state index in [2.05, 4.69) is 26.5 Å². The Morgan fingerprint density at radius 3 is 2.52 bits per heavy atom. The van der Waals surface area contributed by atoms with Crippen LogP contribution in [0.15, 0.2) is 70.2 Å². The zero-order chi connectivity index (χ0) is 19.2. The molecular formula is C21H20BrN3O2. The molecule has 0 unspecified atom stereocenters. The van der Waals surface area contributed by atoms with E-state index in [0.717, 1.165) is 26.5 Å². The number of hydrogen-bond donors (Lipinski definition) is 1. The minimum Gasteiger partial charge on any atom is -0.484 e. The summed E-state index contributed by atoms with van der Waals surface area (Å²) < 4.78 is 6.57. The van der Waals surface area contributed by atoms with Crippen molar-refractivity contribution < 1.29 is 9.53 Å². The maximum absolute atomic E-state index is 11.9. The fourth-order valence-corrected chi connectivity index (χ4v) is 2.88. The van der Waals surface area contributed by atoms with Crippen molar-refractivity contribution in [1.82, 2.24) is 5.43 Å². The van der Waals surface area contributed by atoms with Gasteiger partial charge in [-0.2, -0.15) is 5.10 Å². The quantitative estimate of drug-likeness (QED) is 0.475. The zero-order valence-electron chi connectivity index (χ0n) is 15.1. The van der Waals surface area contributed by atoms with Crippen LogP contribution in [0, 0.1) is 0 Å². The molecule has 0 aromatic heterocycles. The lowest BCUT2D eigenvalue weighted by atomic mass is 10.1. The van der Waals surface area contributed by atoms with Gasteiger partial charge in [0, 0.05) is 24.3 Å². The molecule has 138 valence electrons. The predicted octanol–water partition coefficient (Wildman–Crippen LogP) is 4.20. The molecule has 6 heteroatoms. The molecular weight excluding hydrogens is 406 g/mol. The Balaban J connectivity index is 1.51. The third-order valence-electron chi connectivity index (χ3n) is 3.96. The summed E-state index contributed by atoms with van der Waals surface area (Å²) in [5.74, 6) is 0.329. The average molecular weight is 426 g/mol. The van der Waals surface area contributed by atoms with Crippen molar-refractivity contribution in [3.63, 3.8) is 0 Å². The van der Waals surface area contributed by atoms with Crippen LogP contribution in [0.5, 0.6) is 5.75 Å². The minimum absolute atomic E-state index is 0.0983. The van der Waals surface area contributed by atoms with Crippen LogP contribution < -0.4 is 15.1 Å². The van der Waals surface area contributed by atoms with Crippen molar-refractivity contribution in [2.24, 2.45) is 5.10 Å². The Kier molecular flexibility index (Phi) is 6.08. The standard InChI is InChI=1S/C21H20BrN3O2/c1-25(2)19-8-3-15(4-9-19)13-23-24-21(26)14-27-20-10-6-16-11-18(22)7-5-17(16)12-20/h3-13H,14H2,1-2H3,(H,24,26). The van der Waals surface area contributed by atoms with Gasteiger partial charge in [-0.15, -0.1) is 0 Å². The maximum Gasteiger partial charge on any atom is 0.277 e. The molecule has 0 bridgehead atoms. The Bertz CT molecular complexity index is 969. The molecule has 0 aliphatic rings. The summed E-state index contributed by atoms with van der Waals surface area (Å²) in [5.41, 5.74) is 4.48. The highest BCUT2D eigenvalue weighted by molar-refractivity contribution is 9.10. The molecule has 1 N–H and O–H groups in total. The monoisotopic (exact) mass is 425 g/mol. The third-order valence-corrected chi connectivity index (χ3v) is 4.45. The third kappa shape index (κ3) is 5.31. The van der Waals surface area contributed by atoms with Crippen LogP contribution in [-0.2, 0) is 4.79 Å². The second-order valence-electron chi connectivity index (χ2n) is 6.22. The van der Waals surface area contributed by atoms with Gasteiger partial charge in [0.05, 0.1) is 6.21 Å². The van der Waals surface area contributed by atoms with E-state index in [-0.39, 0.29) is 12.5 Å². The molecule has 0 atom stereocenters. The second kappa shape index (κ2) is 8.68. The van der Waals surface area contributed by atoms with E-state index in [1.807, 2.05) is 79.7 Å². The number of nitrogens with zero attached hydrogens (tertiary/aromatic N) is 2. The van der Waals surface area contributed by atoms with E-state index >= 15 is 0 Å². The Morgan fingerprint density at radius 2 is 1.78 bits per heavy atom. The molecule has 5 nitrogen and oxygen atoms in total. The van der Waals surface area contributed by atoms with E-state index in [1.165, 1.54) is 0 Å². The van der Waals surface area contributed by atoms with Crippen LogP contribution in [0.4, 0.5) is 5.69 Å². The molecule has 0 heterocycles. The van der Waals surface area contributed by atoms with Crippen LogP contribution in [-0.4, -0.2) is 32.8 Å². The molecule has 3 rings (SSSR count). The number of hydrazone groups is 1. The summed E-state index contributed by atoms with van der Waals surface area (Å²) in [6.07, 6.45) is 1.60. The second-order valence-corrected chi connectivity index (χ2v) is 7.14. The number of carbonyl (C=O) groups is 1. The van der Waals surface area contributed by atoms with Gasteiger partial charge in [-0.1, -0.05) is 40.2 Å². The number of benzene rings is 3. The highest BCUT2D eigenvalue weighted by Crippen LogP contribution is 2.24. The molecule has 0 radical (unpaired) electrons. The topological polar surface area (TPSA) is 53.9 Å². The number of fused-ring (bicyclic) bond motifs is 1. The average Bonchev–Trinajstić information content (AvgIpc) is 2.66. The number of halogens is 1. The van der Waals surface area contributed by atoms with Gasteiger partial charge in [0.15, 0.2) is 6.61 Å². The van der Waals surface area contributed by atoms with Crippen molar-refractivity contribution in [2.45, 2.75) is 0 Å². The lowest BCUT2D eigenvalue weighted by Crippen LogP contribution is -2.24. The van der Waals surface area contributed by atoms with Crippen LogP contribution >= 0.6 is 15.9 Å². The molecule has 0 spiro atoms. The number of hydrogen-bond acceptors (Lipinski definition) is 4. The highest BCUT2D eigenvalue weighted by Gasteiger charge is 2.03. The molecule has 0 fully saturated rings. The van der Waals surface area contributed by atoms with E-state index in [4.69, 9.17) is 4.74 Å². The summed E-state index contributed by atoms with van der Waals surface area (Å²) in [5, 5.41) is 6.12. The Morgan fingerprint density at radius 1 is 1.07 bits per heavy atom. The number of anilines is 1. The van der Waals surface area contributed by atoms with Crippen molar-refractivity contribution in [3.8, 4) is 5.75 Å². The normalized spacial score (nSPS) is 10.9. The highest BCUT2D eigenvalue weighted by atomic mass is 79.9. The Hall–Kier alpha value is -2.86. The molecule has 0 saturated heterocycles. The number of rotatable bonds is 6.